The van der Waals surface area contributed by atoms with Gasteiger partial charge in [-0.2, -0.15) is 5.10 Å². The van der Waals surface area contributed by atoms with Gasteiger partial charge in [-0.15, -0.1) is 0 Å². The van der Waals surface area contributed by atoms with Crippen molar-refractivity contribution in [3.63, 3.8) is 0 Å². The summed E-state index contributed by atoms with van der Waals surface area (Å²) in [6.45, 7) is 8.17. The molecule has 1 fully saturated rings. The molecule has 0 saturated carbocycles. The van der Waals surface area contributed by atoms with Crippen molar-refractivity contribution in [2.24, 2.45) is 11.7 Å². The fraction of sp³-hybridized carbons (Fsp3) is 0.208. The summed E-state index contributed by atoms with van der Waals surface area (Å²) < 4.78 is 3.39. The van der Waals surface area contributed by atoms with Crippen molar-refractivity contribution in [3.8, 4) is 11.1 Å². The molecule has 0 unspecified atom stereocenters. The Bertz CT molecular complexity index is 1320. The number of likely N-dealkylation sites (tertiary alicyclic amines) is 1. The number of amides is 2. The monoisotopic (exact) mass is 493 g/mol. The summed E-state index contributed by atoms with van der Waals surface area (Å²) in [5.74, 6) is 0.472. The van der Waals surface area contributed by atoms with Crippen molar-refractivity contribution in [2.45, 2.75) is 13.5 Å². The number of nitrogens with zero attached hydrogens (tertiary/aromatic N) is 3. The van der Waals surface area contributed by atoms with Gasteiger partial charge in [0.2, 0.25) is 12.3 Å². The van der Waals surface area contributed by atoms with E-state index in [0.717, 1.165) is 35.0 Å². The van der Waals surface area contributed by atoms with E-state index in [1.807, 2.05) is 11.1 Å². The number of aromatic nitrogens is 3. The Labute approximate surface area is 194 Å². The quantitative estimate of drug-likeness (QED) is 0.332. The highest BCUT2D eigenvalue weighted by Crippen LogP contribution is 2.38. The molecule has 0 aliphatic carbocycles. The van der Waals surface area contributed by atoms with E-state index in [4.69, 9.17) is 4.79 Å². The van der Waals surface area contributed by atoms with Crippen LogP contribution >= 0.6 is 15.9 Å². The number of nitrogens with one attached hydrogen (secondary N) is 1. The largest absolute Gasteiger partial charge is 0.372 e. The molecule has 3 N–H and O–H groups in total. The molecule has 0 bridgehead atoms. The van der Waals surface area contributed by atoms with Crippen LogP contribution in [-0.4, -0.2) is 45.1 Å². The molecule has 1 aliphatic rings. The summed E-state index contributed by atoms with van der Waals surface area (Å²) in [5.41, 5.74) is 10.0. The van der Waals surface area contributed by atoms with Crippen molar-refractivity contribution in [1.82, 2.24) is 19.7 Å². The number of fused-ring (bicyclic) bond motifs is 2. The van der Waals surface area contributed by atoms with Crippen LogP contribution in [-0.2, 0) is 16.1 Å². The summed E-state index contributed by atoms with van der Waals surface area (Å²) in [7, 11) is 0. The highest BCUT2D eigenvalue weighted by molar-refractivity contribution is 9.10. The number of rotatable bonds is 4. The fourth-order valence-electron chi connectivity index (χ4n) is 4.36. The number of carbonyl (C=O) groups is 2. The summed E-state index contributed by atoms with van der Waals surface area (Å²) in [4.78, 5) is 22.2. The zero-order valence-electron chi connectivity index (χ0n) is 17.7. The lowest BCUT2D eigenvalue weighted by molar-refractivity contribution is -0.132. The van der Waals surface area contributed by atoms with Crippen molar-refractivity contribution in [3.05, 3.63) is 65.4 Å². The highest BCUT2D eigenvalue weighted by Gasteiger charge is 2.30. The summed E-state index contributed by atoms with van der Waals surface area (Å²) in [6.07, 6.45) is 5.76. The van der Waals surface area contributed by atoms with Crippen LogP contribution in [0.15, 0.2) is 59.9 Å². The number of H-pyrrole nitrogens is 1. The SMILES string of the molecule is C=CC(=O)N1CC(Cn2cc(-c3c(C)ccc4cn[nH]c34)c3cc(Br)ccc32)C1.NC=O. The Balaban J connectivity index is 0.000000775. The molecule has 1 saturated heterocycles. The van der Waals surface area contributed by atoms with Gasteiger partial charge in [-0.3, -0.25) is 14.7 Å². The van der Waals surface area contributed by atoms with E-state index in [0.29, 0.717) is 5.92 Å². The van der Waals surface area contributed by atoms with Crippen LogP contribution in [0.1, 0.15) is 5.56 Å². The lowest BCUT2D eigenvalue weighted by Gasteiger charge is -2.39. The van der Waals surface area contributed by atoms with Gasteiger partial charge in [0.15, 0.2) is 0 Å². The predicted molar refractivity (Wildman–Crippen MR) is 130 cm³/mol. The summed E-state index contributed by atoms with van der Waals surface area (Å²) in [5, 5.41) is 9.75. The number of benzene rings is 2. The number of primary amides is 1. The van der Waals surface area contributed by atoms with Gasteiger partial charge in [0.05, 0.1) is 11.7 Å². The van der Waals surface area contributed by atoms with Crippen LogP contribution < -0.4 is 5.73 Å². The Morgan fingerprint density at radius 2 is 2.09 bits per heavy atom. The number of carbonyl (C=O) groups excluding carboxylic acids is 2. The summed E-state index contributed by atoms with van der Waals surface area (Å²) in [6, 6.07) is 10.7. The van der Waals surface area contributed by atoms with Crippen molar-refractivity contribution in [2.75, 3.05) is 13.1 Å². The maximum absolute atomic E-state index is 11.8. The van der Waals surface area contributed by atoms with Gasteiger partial charge < -0.3 is 15.2 Å². The summed E-state index contributed by atoms with van der Waals surface area (Å²) >= 11 is 3.63. The first-order valence-electron chi connectivity index (χ1n) is 10.2. The molecule has 2 aromatic carbocycles. The first kappa shape index (κ1) is 21.8. The third kappa shape index (κ3) is 3.93. The minimum Gasteiger partial charge on any atom is -0.372 e. The highest BCUT2D eigenvalue weighted by atomic mass is 79.9. The number of hydrogen-bond acceptors (Lipinski definition) is 3. The predicted octanol–water partition coefficient (Wildman–Crippen LogP) is 4.00. The number of aromatic amines is 1. The maximum Gasteiger partial charge on any atom is 0.245 e. The Kier molecular flexibility index (Phi) is 6.14. The third-order valence-corrected chi connectivity index (χ3v) is 6.33. The van der Waals surface area contributed by atoms with E-state index in [9.17, 15) is 4.79 Å². The van der Waals surface area contributed by atoms with Crippen LogP contribution in [0.4, 0.5) is 0 Å². The van der Waals surface area contributed by atoms with Crippen molar-refractivity contribution < 1.29 is 9.59 Å². The van der Waals surface area contributed by atoms with E-state index < -0.39 is 0 Å². The number of halogens is 1. The van der Waals surface area contributed by atoms with E-state index in [1.165, 1.54) is 33.7 Å². The topological polar surface area (TPSA) is 97.0 Å². The van der Waals surface area contributed by atoms with E-state index in [2.05, 4.69) is 86.5 Å². The second-order valence-corrected chi connectivity index (χ2v) is 8.81. The van der Waals surface area contributed by atoms with Crippen LogP contribution in [0.5, 0.6) is 0 Å². The number of aryl methyl sites for hydroxylation is 1. The van der Waals surface area contributed by atoms with E-state index in [-0.39, 0.29) is 12.3 Å². The zero-order chi connectivity index (χ0) is 22.8. The number of hydrogen-bond donors (Lipinski definition) is 2. The van der Waals surface area contributed by atoms with Crippen LogP contribution in [0.3, 0.4) is 0 Å². The normalized spacial score (nSPS) is 13.5. The second kappa shape index (κ2) is 9.00. The van der Waals surface area contributed by atoms with Gasteiger partial charge in [-0.1, -0.05) is 34.6 Å². The Morgan fingerprint density at radius 3 is 2.81 bits per heavy atom. The second-order valence-electron chi connectivity index (χ2n) is 7.90. The standard InChI is InChI=1S/C23H21BrN4O.CH3NO/c1-3-21(29)28-11-15(12-28)10-27-13-19(18-8-17(24)6-7-20(18)27)22-14(2)4-5-16-9-25-26-23(16)22;2-1-3/h3-9,13,15H,1,10-12H2,2H3,(H,25,26);1H,(H2,2,3). The van der Waals surface area contributed by atoms with Crippen LogP contribution in [0.25, 0.3) is 32.9 Å². The lowest BCUT2D eigenvalue weighted by atomic mass is 9.97. The molecule has 32 heavy (non-hydrogen) atoms. The molecule has 0 spiro atoms. The van der Waals surface area contributed by atoms with Gasteiger partial charge in [-0.05, 0) is 36.8 Å². The first-order chi connectivity index (χ1) is 15.5. The average molecular weight is 494 g/mol. The molecule has 4 aromatic rings. The van der Waals surface area contributed by atoms with Gasteiger partial charge >= 0.3 is 0 Å². The maximum atomic E-state index is 11.8. The van der Waals surface area contributed by atoms with Crippen molar-refractivity contribution >= 4 is 50.1 Å². The molecule has 164 valence electrons. The van der Waals surface area contributed by atoms with Crippen LogP contribution in [0, 0.1) is 12.8 Å². The minimum absolute atomic E-state index is 0.0183. The minimum atomic E-state index is 0.0183. The molecule has 0 atom stereocenters. The van der Waals surface area contributed by atoms with Gasteiger partial charge in [0, 0.05) is 63.6 Å². The van der Waals surface area contributed by atoms with Crippen LogP contribution in [0.2, 0.25) is 0 Å². The van der Waals surface area contributed by atoms with E-state index >= 15 is 0 Å². The van der Waals surface area contributed by atoms with Gasteiger partial charge in [-0.25, -0.2) is 0 Å². The van der Waals surface area contributed by atoms with Gasteiger partial charge in [0.25, 0.3) is 0 Å². The number of nitrogens with two attached hydrogens (primary N) is 1. The average Bonchev–Trinajstić information content (AvgIpc) is 3.35. The molecule has 3 heterocycles. The molecular weight excluding hydrogens is 470 g/mol. The zero-order valence-corrected chi connectivity index (χ0v) is 19.3. The molecule has 8 heteroatoms. The molecule has 0 radical (unpaired) electrons. The first-order valence-corrected chi connectivity index (χ1v) is 11.0. The molecule has 2 aromatic heterocycles. The Hall–Kier alpha value is -3.39. The molecule has 2 amide bonds. The van der Waals surface area contributed by atoms with E-state index in [1.54, 1.807) is 0 Å². The molecule has 1 aliphatic heterocycles. The smallest absolute Gasteiger partial charge is 0.245 e. The molecule has 5 rings (SSSR count). The third-order valence-electron chi connectivity index (χ3n) is 5.84. The lowest BCUT2D eigenvalue weighted by Crippen LogP contribution is -2.50. The van der Waals surface area contributed by atoms with Crippen molar-refractivity contribution in [1.29, 1.82) is 0 Å². The fourth-order valence-corrected chi connectivity index (χ4v) is 4.72. The molecule has 7 nitrogen and oxygen atoms in total. The van der Waals surface area contributed by atoms with Gasteiger partial charge in [0.1, 0.15) is 0 Å². The molecular formula is C24H24BrN5O2. The Morgan fingerprint density at radius 1 is 1.34 bits per heavy atom.